The molecule has 0 spiro atoms. The Kier molecular flexibility index (Phi) is 2.96. The van der Waals surface area contributed by atoms with Crippen molar-refractivity contribution in [2.75, 3.05) is 5.32 Å². The fraction of sp³-hybridized carbons (Fsp3) is 0.417. The monoisotopic (exact) mass is 259 g/mol. The predicted octanol–water partition coefficient (Wildman–Crippen LogP) is 3.06. The van der Waals surface area contributed by atoms with E-state index in [1.165, 1.54) is 6.07 Å². The van der Waals surface area contributed by atoms with Crippen LogP contribution in [0.4, 0.5) is 18.9 Å². The third kappa shape index (κ3) is 2.27. The summed E-state index contributed by atoms with van der Waals surface area (Å²) < 4.78 is 43.0. The van der Waals surface area contributed by atoms with Gasteiger partial charge in [0.15, 0.2) is 6.10 Å². The molecule has 3 nitrogen and oxygen atoms in total. The Hall–Kier alpha value is -1.72. The lowest BCUT2D eigenvalue weighted by Crippen LogP contribution is -2.40. The molecule has 1 amide bonds. The highest BCUT2D eigenvalue weighted by atomic mass is 19.4. The number of carbonyl (C=O) groups is 1. The molecular formula is C12H12F3NO2. The number of ether oxygens (including phenoxy) is 1. The number of fused-ring (bicyclic) bond motifs is 1. The van der Waals surface area contributed by atoms with Crippen molar-refractivity contribution in [1.29, 1.82) is 0 Å². The largest absolute Gasteiger partial charge is 0.478 e. The molecule has 0 radical (unpaired) electrons. The van der Waals surface area contributed by atoms with Crippen molar-refractivity contribution in [3.8, 4) is 5.75 Å². The number of alkyl halides is 3. The molecule has 1 aliphatic heterocycles. The number of rotatable bonds is 1. The normalized spacial score (nSPS) is 19.2. The predicted molar refractivity (Wildman–Crippen MR) is 59.3 cm³/mol. The number of anilines is 1. The fourth-order valence-electron chi connectivity index (χ4n) is 1.73. The lowest BCUT2D eigenvalue weighted by molar-refractivity contribution is -0.137. The zero-order valence-corrected chi connectivity index (χ0v) is 9.84. The summed E-state index contributed by atoms with van der Waals surface area (Å²) in [7, 11) is 0. The standard InChI is InChI=1S/C12H12F3NO2/c1-6(2)10-11(17)16-8-4-3-7(12(13,14)15)5-9(8)18-10/h3-6,10H,1-2H3,(H,16,17). The SMILES string of the molecule is CC(C)C1Oc2cc(C(F)(F)F)ccc2NC1=O. The van der Waals surface area contributed by atoms with Crippen molar-refractivity contribution in [1.82, 2.24) is 0 Å². The van der Waals surface area contributed by atoms with Gasteiger partial charge in [-0.2, -0.15) is 13.2 Å². The van der Waals surface area contributed by atoms with Gasteiger partial charge in [0.2, 0.25) is 0 Å². The molecule has 0 aliphatic carbocycles. The first kappa shape index (κ1) is 12.7. The second kappa shape index (κ2) is 4.19. The Morgan fingerprint density at radius 1 is 1.33 bits per heavy atom. The third-order valence-corrected chi connectivity index (χ3v) is 2.68. The smallest absolute Gasteiger partial charge is 0.416 e. The number of amides is 1. The Morgan fingerprint density at radius 3 is 2.56 bits per heavy atom. The van der Waals surface area contributed by atoms with E-state index < -0.39 is 17.8 Å². The van der Waals surface area contributed by atoms with Crippen molar-refractivity contribution < 1.29 is 22.7 Å². The van der Waals surface area contributed by atoms with Crippen LogP contribution in [0.2, 0.25) is 0 Å². The van der Waals surface area contributed by atoms with Crippen LogP contribution in [0.1, 0.15) is 19.4 Å². The second-order valence-corrected chi connectivity index (χ2v) is 4.48. The van der Waals surface area contributed by atoms with E-state index in [1.807, 2.05) is 0 Å². The molecular weight excluding hydrogens is 247 g/mol. The maximum absolute atomic E-state index is 12.5. The van der Waals surface area contributed by atoms with Gasteiger partial charge in [-0.1, -0.05) is 13.8 Å². The van der Waals surface area contributed by atoms with Gasteiger partial charge in [0.25, 0.3) is 5.91 Å². The van der Waals surface area contributed by atoms with E-state index in [2.05, 4.69) is 5.32 Å². The molecule has 0 aromatic heterocycles. The van der Waals surface area contributed by atoms with Crippen molar-refractivity contribution in [2.45, 2.75) is 26.1 Å². The van der Waals surface area contributed by atoms with E-state index in [0.29, 0.717) is 0 Å². The number of nitrogens with one attached hydrogen (secondary N) is 1. The number of hydrogen-bond donors (Lipinski definition) is 1. The summed E-state index contributed by atoms with van der Waals surface area (Å²) in [6.07, 6.45) is -5.19. The quantitative estimate of drug-likeness (QED) is 0.841. The van der Waals surface area contributed by atoms with Gasteiger partial charge in [0.05, 0.1) is 11.3 Å². The molecule has 0 saturated heterocycles. The molecule has 1 unspecified atom stereocenters. The molecule has 2 rings (SSSR count). The van der Waals surface area contributed by atoms with Gasteiger partial charge >= 0.3 is 6.18 Å². The highest BCUT2D eigenvalue weighted by Crippen LogP contribution is 2.37. The average molecular weight is 259 g/mol. The van der Waals surface area contributed by atoms with Crippen LogP contribution < -0.4 is 10.1 Å². The highest BCUT2D eigenvalue weighted by molar-refractivity contribution is 5.97. The molecule has 18 heavy (non-hydrogen) atoms. The van der Waals surface area contributed by atoms with E-state index in [9.17, 15) is 18.0 Å². The van der Waals surface area contributed by atoms with Gasteiger partial charge in [-0.05, 0) is 24.1 Å². The summed E-state index contributed by atoms with van der Waals surface area (Å²) in [5.41, 5.74) is -0.523. The second-order valence-electron chi connectivity index (χ2n) is 4.48. The van der Waals surface area contributed by atoms with Crippen molar-refractivity contribution >= 4 is 11.6 Å². The van der Waals surface area contributed by atoms with Crippen LogP contribution >= 0.6 is 0 Å². The summed E-state index contributed by atoms with van der Waals surface area (Å²) in [6.45, 7) is 3.53. The number of carbonyl (C=O) groups excluding carboxylic acids is 1. The summed E-state index contributed by atoms with van der Waals surface area (Å²) in [4.78, 5) is 11.6. The van der Waals surface area contributed by atoms with Crippen LogP contribution in [-0.2, 0) is 11.0 Å². The van der Waals surface area contributed by atoms with Gasteiger partial charge < -0.3 is 10.1 Å². The molecule has 0 bridgehead atoms. The van der Waals surface area contributed by atoms with Gasteiger partial charge in [0.1, 0.15) is 5.75 Å². The van der Waals surface area contributed by atoms with E-state index in [0.717, 1.165) is 12.1 Å². The summed E-state index contributed by atoms with van der Waals surface area (Å²) >= 11 is 0. The van der Waals surface area contributed by atoms with Crippen LogP contribution in [0.25, 0.3) is 0 Å². The molecule has 1 atom stereocenters. The molecule has 0 fully saturated rings. The van der Waals surface area contributed by atoms with Crippen molar-refractivity contribution in [3.05, 3.63) is 23.8 Å². The van der Waals surface area contributed by atoms with Crippen LogP contribution in [0, 0.1) is 5.92 Å². The molecule has 1 aromatic carbocycles. The first-order valence-electron chi connectivity index (χ1n) is 5.48. The lowest BCUT2D eigenvalue weighted by Gasteiger charge is -2.28. The molecule has 1 aromatic rings. The minimum absolute atomic E-state index is 0.0584. The zero-order valence-electron chi connectivity index (χ0n) is 9.84. The summed E-state index contributed by atoms with van der Waals surface area (Å²) in [6, 6.07) is 3.02. The summed E-state index contributed by atoms with van der Waals surface area (Å²) in [5, 5.41) is 2.54. The van der Waals surface area contributed by atoms with Crippen LogP contribution in [0.3, 0.4) is 0 Å². The molecule has 1 heterocycles. The van der Waals surface area contributed by atoms with E-state index >= 15 is 0 Å². The van der Waals surface area contributed by atoms with Crippen molar-refractivity contribution in [3.63, 3.8) is 0 Å². The maximum atomic E-state index is 12.5. The minimum atomic E-state index is -4.42. The molecule has 0 saturated carbocycles. The van der Waals surface area contributed by atoms with Crippen molar-refractivity contribution in [2.24, 2.45) is 5.92 Å². The fourth-order valence-corrected chi connectivity index (χ4v) is 1.73. The van der Waals surface area contributed by atoms with Gasteiger partial charge in [-0.15, -0.1) is 0 Å². The maximum Gasteiger partial charge on any atom is 0.416 e. The molecule has 1 aliphatic rings. The van der Waals surface area contributed by atoms with Crippen LogP contribution in [0.5, 0.6) is 5.75 Å². The molecule has 98 valence electrons. The minimum Gasteiger partial charge on any atom is -0.478 e. The van der Waals surface area contributed by atoms with Gasteiger partial charge in [0, 0.05) is 0 Å². The lowest BCUT2D eigenvalue weighted by atomic mass is 10.0. The molecule has 1 N–H and O–H groups in total. The Labute approximate surface area is 102 Å². The van der Waals surface area contributed by atoms with Crippen LogP contribution in [0.15, 0.2) is 18.2 Å². The number of benzene rings is 1. The number of hydrogen-bond acceptors (Lipinski definition) is 2. The van der Waals surface area contributed by atoms with E-state index in [1.54, 1.807) is 13.8 Å². The zero-order chi connectivity index (χ0) is 13.5. The summed E-state index contributed by atoms with van der Waals surface area (Å²) in [5.74, 6) is -0.395. The number of halogens is 3. The topological polar surface area (TPSA) is 38.3 Å². The molecule has 6 heteroatoms. The van der Waals surface area contributed by atoms with Gasteiger partial charge in [-0.25, -0.2) is 0 Å². The van der Waals surface area contributed by atoms with Gasteiger partial charge in [-0.3, -0.25) is 4.79 Å². The Morgan fingerprint density at radius 2 is 2.00 bits per heavy atom. The third-order valence-electron chi connectivity index (χ3n) is 2.68. The van der Waals surface area contributed by atoms with E-state index in [-0.39, 0.29) is 23.3 Å². The van der Waals surface area contributed by atoms with E-state index in [4.69, 9.17) is 4.74 Å². The first-order valence-corrected chi connectivity index (χ1v) is 5.48. The Bertz CT molecular complexity index is 483. The Balaban J connectivity index is 2.37. The first-order chi connectivity index (χ1) is 8.29. The average Bonchev–Trinajstić information content (AvgIpc) is 2.25. The highest BCUT2D eigenvalue weighted by Gasteiger charge is 2.35. The van der Waals surface area contributed by atoms with Crippen LogP contribution in [-0.4, -0.2) is 12.0 Å².